The molecule has 0 unspecified atom stereocenters. The fraction of sp³-hybridized carbons (Fsp3) is 0.650. The largest absolute Gasteiger partial charge is 0.482 e. The van der Waals surface area contributed by atoms with E-state index < -0.39 is 0 Å². The fourth-order valence-corrected chi connectivity index (χ4v) is 5.49. The van der Waals surface area contributed by atoms with Crippen molar-refractivity contribution in [1.82, 2.24) is 5.32 Å². The van der Waals surface area contributed by atoms with Crippen LogP contribution in [0.5, 0.6) is 5.75 Å². The Kier molecular flexibility index (Phi) is 6.70. The van der Waals surface area contributed by atoms with Crippen molar-refractivity contribution in [3.8, 4) is 5.75 Å². The van der Waals surface area contributed by atoms with Gasteiger partial charge < -0.3 is 14.8 Å². The van der Waals surface area contributed by atoms with Crippen LogP contribution in [-0.4, -0.2) is 31.8 Å². The molecule has 0 saturated heterocycles. The molecule has 4 aliphatic carbocycles. The van der Waals surface area contributed by atoms with E-state index >= 15 is 0 Å². The van der Waals surface area contributed by atoms with E-state index in [1.807, 2.05) is 0 Å². The predicted octanol–water partition coefficient (Wildman–Crippen LogP) is 4.10. The van der Waals surface area contributed by atoms with Crippen LogP contribution in [0.2, 0.25) is 5.02 Å². The van der Waals surface area contributed by atoms with Gasteiger partial charge in [-0.3, -0.25) is 0 Å². The quantitative estimate of drug-likeness (QED) is 0.553. The lowest BCUT2D eigenvalue weighted by Crippen LogP contribution is -2.55. The van der Waals surface area contributed by atoms with E-state index in [0.29, 0.717) is 23.4 Å². The lowest BCUT2D eigenvalue weighted by Gasteiger charge is -2.54. The number of esters is 1. The first-order valence-corrected chi connectivity index (χ1v) is 9.82. The molecule has 26 heavy (non-hydrogen) atoms. The number of nitrogens with one attached hydrogen (secondary N) is 1. The molecule has 0 aromatic heterocycles. The van der Waals surface area contributed by atoms with Crippen molar-refractivity contribution in [3.63, 3.8) is 0 Å². The Hall–Kier alpha value is -0.970. The Labute approximate surface area is 166 Å². The number of rotatable bonds is 7. The standard InChI is InChI=1S/C20H26ClNO3.ClH/c21-17-1-3-18(4-2-17)25-12-19(23)24-6-5-22-20-15-8-13-7-14(10-15)11-16(20)9-13;/h1-4,13-16,20,22H,5-12H2;1H. The minimum absolute atomic E-state index is 0. The van der Waals surface area contributed by atoms with Crippen molar-refractivity contribution < 1.29 is 14.3 Å². The number of carbonyl (C=O) groups excluding carboxylic acids is 1. The highest BCUT2D eigenvalue weighted by molar-refractivity contribution is 6.30. The smallest absolute Gasteiger partial charge is 0.344 e. The van der Waals surface area contributed by atoms with Crippen molar-refractivity contribution in [2.24, 2.45) is 23.7 Å². The van der Waals surface area contributed by atoms with Gasteiger partial charge in [0.1, 0.15) is 12.4 Å². The van der Waals surface area contributed by atoms with Crippen LogP contribution < -0.4 is 10.1 Å². The van der Waals surface area contributed by atoms with E-state index in [1.54, 1.807) is 24.3 Å². The summed E-state index contributed by atoms with van der Waals surface area (Å²) in [6, 6.07) is 7.58. The second-order valence-corrected chi connectivity index (χ2v) is 8.31. The van der Waals surface area contributed by atoms with Crippen LogP contribution in [0, 0.1) is 23.7 Å². The van der Waals surface area contributed by atoms with Gasteiger partial charge in [0.05, 0.1) is 0 Å². The number of hydrogen-bond donors (Lipinski definition) is 1. The van der Waals surface area contributed by atoms with Crippen LogP contribution in [-0.2, 0) is 9.53 Å². The molecule has 5 rings (SSSR count). The van der Waals surface area contributed by atoms with E-state index in [4.69, 9.17) is 21.1 Å². The highest BCUT2D eigenvalue weighted by Crippen LogP contribution is 2.53. The molecular weight excluding hydrogens is 373 g/mol. The van der Waals surface area contributed by atoms with E-state index in [0.717, 1.165) is 30.2 Å². The average molecular weight is 400 g/mol. The van der Waals surface area contributed by atoms with E-state index in [9.17, 15) is 4.79 Å². The summed E-state index contributed by atoms with van der Waals surface area (Å²) in [6.07, 6.45) is 7.09. The lowest BCUT2D eigenvalue weighted by molar-refractivity contribution is -0.146. The van der Waals surface area contributed by atoms with Gasteiger partial charge in [-0.05, 0) is 80.0 Å². The van der Waals surface area contributed by atoms with Crippen molar-refractivity contribution in [3.05, 3.63) is 29.3 Å². The zero-order valence-corrected chi connectivity index (χ0v) is 16.4. The summed E-state index contributed by atoms with van der Waals surface area (Å²) in [7, 11) is 0. The number of carbonyl (C=O) groups is 1. The minimum Gasteiger partial charge on any atom is -0.482 e. The molecule has 0 atom stereocenters. The van der Waals surface area contributed by atoms with Gasteiger partial charge >= 0.3 is 5.97 Å². The normalized spacial score (nSPS) is 31.3. The van der Waals surface area contributed by atoms with Crippen LogP contribution in [0.3, 0.4) is 0 Å². The number of ether oxygens (including phenoxy) is 2. The van der Waals surface area contributed by atoms with Crippen molar-refractivity contribution >= 4 is 30.0 Å². The fourth-order valence-electron chi connectivity index (χ4n) is 5.36. The Morgan fingerprint density at radius 3 is 2.27 bits per heavy atom. The van der Waals surface area contributed by atoms with Crippen molar-refractivity contribution in [2.75, 3.05) is 19.8 Å². The monoisotopic (exact) mass is 399 g/mol. The van der Waals surface area contributed by atoms with Crippen LogP contribution in [0.25, 0.3) is 0 Å². The summed E-state index contributed by atoms with van der Waals surface area (Å²) in [6.45, 7) is 1.07. The SMILES string of the molecule is Cl.O=C(COc1ccc(Cl)cc1)OCCNC1C2CC3CC(C2)CC1C3. The van der Waals surface area contributed by atoms with Gasteiger partial charge in [0.25, 0.3) is 0 Å². The number of benzene rings is 1. The summed E-state index contributed by atoms with van der Waals surface area (Å²) in [5.41, 5.74) is 0. The molecule has 0 spiro atoms. The summed E-state index contributed by atoms with van der Waals surface area (Å²) in [5, 5.41) is 4.31. The summed E-state index contributed by atoms with van der Waals surface area (Å²) in [4.78, 5) is 11.8. The molecule has 0 heterocycles. The van der Waals surface area contributed by atoms with Gasteiger partial charge in [0, 0.05) is 17.6 Å². The molecule has 4 saturated carbocycles. The molecule has 0 radical (unpaired) electrons. The van der Waals surface area contributed by atoms with Crippen LogP contribution >= 0.6 is 24.0 Å². The molecular formula is C20H27Cl2NO3. The first kappa shape index (κ1) is 19.8. The third-order valence-electron chi connectivity index (χ3n) is 6.14. The molecule has 4 aliphatic rings. The van der Waals surface area contributed by atoms with Crippen LogP contribution in [0.1, 0.15) is 32.1 Å². The second-order valence-electron chi connectivity index (χ2n) is 7.87. The highest BCUT2D eigenvalue weighted by atomic mass is 35.5. The molecule has 4 fully saturated rings. The Morgan fingerprint density at radius 1 is 1.04 bits per heavy atom. The van der Waals surface area contributed by atoms with Crippen LogP contribution in [0.15, 0.2) is 24.3 Å². The average Bonchev–Trinajstić information content (AvgIpc) is 2.59. The molecule has 1 N–H and O–H groups in total. The molecule has 1 aromatic rings. The maximum Gasteiger partial charge on any atom is 0.344 e. The zero-order valence-electron chi connectivity index (χ0n) is 14.9. The van der Waals surface area contributed by atoms with Crippen LogP contribution in [0.4, 0.5) is 0 Å². The molecule has 0 aliphatic heterocycles. The zero-order chi connectivity index (χ0) is 17.2. The van der Waals surface area contributed by atoms with E-state index in [2.05, 4.69) is 5.32 Å². The summed E-state index contributed by atoms with van der Waals surface area (Å²) >= 11 is 5.81. The predicted molar refractivity (Wildman–Crippen MR) is 104 cm³/mol. The first-order chi connectivity index (χ1) is 12.2. The van der Waals surface area contributed by atoms with Crippen molar-refractivity contribution in [1.29, 1.82) is 0 Å². The van der Waals surface area contributed by atoms with E-state index in [-0.39, 0.29) is 25.0 Å². The first-order valence-electron chi connectivity index (χ1n) is 9.45. The van der Waals surface area contributed by atoms with Gasteiger partial charge in [-0.15, -0.1) is 12.4 Å². The Balaban J connectivity index is 0.00000196. The number of hydrogen-bond acceptors (Lipinski definition) is 4. The van der Waals surface area contributed by atoms with Gasteiger partial charge in [-0.25, -0.2) is 4.79 Å². The molecule has 1 aromatic carbocycles. The summed E-state index contributed by atoms with van der Waals surface area (Å²) in [5.74, 6) is 3.96. The minimum atomic E-state index is -0.332. The Morgan fingerprint density at radius 2 is 1.65 bits per heavy atom. The molecule has 6 heteroatoms. The third kappa shape index (κ3) is 4.65. The van der Waals surface area contributed by atoms with Gasteiger partial charge in [0.2, 0.25) is 0 Å². The van der Waals surface area contributed by atoms with Gasteiger partial charge in [-0.2, -0.15) is 0 Å². The maximum absolute atomic E-state index is 11.8. The lowest BCUT2D eigenvalue weighted by atomic mass is 9.54. The van der Waals surface area contributed by atoms with Gasteiger partial charge in [0.15, 0.2) is 6.61 Å². The Bertz CT molecular complexity index is 580. The molecule has 0 amide bonds. The van der Waals surface area contributed by atoms with Crippen molar-refractivity contribution in [2.45, 2.75) is 38.1 Å². The third-order valence-corrected chi connectivity index (χ3v) is 6.39. The molecule has 4 nitrogen and oxygen atoms in total. The molecule has 4 bridgehead atoms. The second kappa shape index (κ2) is 8.81. The number of halogens is 2. The topological polar surface area (TPSA) is 47.6 Å². The van der Waals surface area contributed by atoms with E-state index in [1.165, 1.54) is 32.1 Å². The maximum atomic E-state index is 11.8. The highest BCUT2D eigenvalue weighted by Gasteiger charge is 2.47. The van der Waals surface area contributed by atoms with Gasteiger partial charge in [-0.1, -0.05) is 11.6 Å². The molecule has 144 valence electrons. The summed E-state index contributed by atoms with van der Waals surface area (Å²) < 4.78 is 10.7.